The van der Waals surface area contributed by atoms with E-state index >= 15 is 0 Å². The molecular weight excluding hydrogens is 326 g/mol. The van der Waals surface area contributed by atoms with Gasteiger partial charge in [0, 0.05) is 24.5 Å². The molecule has 0 heterocycles. The summed E-state index contributed by atoms with van der Waals surface area (Å²) < 4.78 is 0. The predicted molar refractivity (Wildman–Crippen MR) is 102 cm³/mol. The van der Waals surface area contributed by atoms with Crippen LogP contribution in [0.4, 0.5) is 5.69 Å². The molecule has 0 aliphatic carbocycles. The lowest BCUT2D eigenvalue weighted by Crippen LogP contribution is -2.37. The molecule has 2 aromatic carbocycles. The smallest absolute Gasteiger partial charge is 0.266 e. The van der Waals surface area contributed by atoms with Gasteiger partial charge >= 0.3 is 0 Å². The van der Waals surface area contributed by atoms with Gasteiger partial charge in [0.2, 0.25) is 0 Å². The fraction of sp³-hybridized carbons (Fsp3) is 0.238. The van der Waals surface area contributed by atoms with Crippen LogP contribution in [0, 0.1) is 18.3 Å². The fourth-order valence-corrected chi connectivity index (χ4v) is 2.53. The molecule has 26 heavy (non-hydrogen) atoms. The number of aryl methyl sites for hydroxylation is 1. The summed E-state index contributed by atoms with van der Waals surface area (Å²) in [5.74, 6) is -0.155. The van der Waals surface area contributed by atoms with Gasteiger partial charge < -0.3 is 15.3 Å². The minimum atomic E-state index is -0.324. The minimum absolute atomic E-state index is 0.0297. The Morgan fingerprint density at radius 3 is 2.54 bits per heavy atom. The van der Waals surface area contributed by atoms with Gasteiger partial charge in [-0.25, -0.2) is 0 Å². The first kappa shape index (κ1) is 19.1. The van der Waals surface area contributed by atoms with Crippen molar-refractivity contribution in [3.05, 3.63) is 71.4 Å². The summed E-state index contributed by atoms with van der Waals surface area (Å²) in [6, 6.07) is 16.5. The lowest BCUT2D eigenvalue weighted by Gasteiger charge is -2.26. The summed E-state index contributed by atoms with van der Waals surface area (Å²) in [4.78, 5) is 14.5. The maximum atomic E-state index is 12.8. The molecule has 0 unspecified atom stereocenters. The molecule has 0 spiro atoms. The van der Waals surface area contributed by atoms with Crippen molar-refractivity contribution < 1.29 is 9.90 Å². The highest BCUT2D eigenvalue weighted by Crippen LogP contribution is 2.20. The number of hydrogen-bond acceptors (Lipinski definition) is 4. The van der Waals surface area contributed by atoms with E-state index in [4.69, 9.17) is 0 Å². The molecule has 2 rings (SSSR count). The van der Waals surface area contributed by atoms with Crippen LogP contribution in [0.3, 0.4) is 0 Å². The predicted octanol–water partition coefficient (Wildman–Crippen LogP) is 3.96. The molecule has 0 aliphatic heterocycles. The lowest BCUT2D eigenvalue weighted by atomic mass is 10.1. The van der Waals surface area contributed by atoms with E-state index in [-0.39, 0.29) is 23.3 Å². The van der Waals surface area contributed by atoms with E-state index in [9.17, 15) is 15.2 Å². The Kier molecular flexibility index (Phi) is 6.40. The Morgan fingerprint density at radius 1 is 1.27 bits per heavy atom. The van der Waals surface area contributed by atoms with Crippen LogP contribution >= 0.6 is 0 Å². The van der Waals surface area contributed by atoms with Gasteiger partial charge in [0.15, 0.2) is 0 Å². The number of nitrogens with one attached hydrogen (secondary N) is 1. The fourth-order valence-electron chi connectivity index (χ4n) is 2.53. The first-order valence-corrected chi connectivity index (χ1v) is 8.43. The molecular formula is C21H23N3O2. The van der Waals surface area contributed by atoms with E-state index in [0.29, 0.717) is 6.54 Å². The second kappa shape index (κ2) is 8.72. The Hall–Kier alpha value is -3.26. The highest BCUT2D eigenvalue weighted by molar-refractivity contribution is 5.97. The molecule has 5 nitrogen and oxygen atoms in total. The molecule has 0 aliphatic rings. The second-order valence-corrected chi connectivity index (χ2v) is 6.33. The standard InChI is InChI=1S/C21H23N3O2/c1-15(2)24(14-17-7-5-4-6-8-17)21(26)18(12-22)13-23-20-10-9-19(25)11-16(20)3/h4-11,13,15,23,25H,14H2,1-3H3/b18-13-. The van der Waals surface area contributed by atoms with Crippen LogP contribution in [0.15, 0.2) is 60.3 Å². The van der Waals surface area contributed by atoms with Crippen molar-refractivity contribution in [3.8, 4) is 11.8 Å². The summed E-state index contributed by atoms with van der Waals surface area (Å²) in [6.07, 6.45) is 1.42. The number of nitrogens with zero attached hydrogens (tertiary/aromatic N) is 2. The topological polar surface area (TPSA) is 76.4 Å². The molecule has 1 amide bonds. The Labute approximate surface area is 154 Å². The van der Waals surface area contributed by atoms with Gasteiger partial charge in [-0.05, 0) is 50.1 Å². The molecule has 5 heteroatoms. The van der Waals surface area contributed by atoms with Gasteiger partial charge in [0.25, 0.3) is 5.91 Å². The zero-order chi connectivity index (χ0) is 19.1. The summed E-state index contributed by atoms with van der Waals surface area (Å²) in [5.41, 5.74) is 2.58. The molecule has 0 saturated carbocycles. The quantitative estimate of drug-likeness (QED) is 0.470. The maximum absolute atomic E-state index is 12.8. The number of amides is 1. The van der Waals surface area contributed by atoms with Gasteiger partial charge in [-0.3, -0.25) is 4.79 Å². The van der Waals surface area contributed by atoms with Crippen molar-refractivity contribution in [1.29, 1.82) is 5.26 Å². The molecule has 2 aromatic rings. The molecule has 0 atom stereocenters. The van der Waals surface area contributed by atoms with Crippen LogP contribution in [0.2, 0.25) is 0 Å². The SMILES string of the molecule is Cc1cc(O)ccc1N/C=C(/C#N)C(=O)N(Cc1ccccc1)C(C)C. The van der Waals surface area contributed by atoms with Crippen LogP contribution in [0.1, 0.15) is 25.0 Å². The van der Waals surface area contributed by atoms with Gasteiger partial charge in [0.1, 0.15) is 17.4 Å². The third-order valence-electron chi connectivity index (χ3n) is 4.01. The monoisotopic (exact) mass is 349 g/mol. The minimum Gasteiger partial charge on any atom is -0.508 e. The van der Waals surface area contributed by atoms with Crippen molar-refractivity contribution >= 4 is 11.6 Å². The molecule has 2 N–H and O–H groups in total. The Bertz CT molecular complexity index is 836. The number of carbonyl (C=O) groups is 1. The first-order valence-electron chi connectivity index (χ1n) is 8.43. The summed E-state index contributed by atoms with van der Waals surface area (Å²) >= 11 is 0. The van der Waals surface area contributed by atoms with Crippen molar-refractivity contribution in [2.45, 2.75) is 33.4 Å². The molecule has 0 radical (unpaired) electrons. The first-order chi connectivity index (χ1) is 12.4. The maximum Gasteiger partial charge on any atom is 0.266 e. The van der Waals surface area contributed by atoms with E-state index in [1.807, 2.05) is 57.2 Å². The van der Waals surface area contributed by atoms with Gasteiger partial charge in [-0.1, -0.05) is 30.3 Å². The van der Waals surface area contributed by atoms with Crippen LogP contribution in [0.5, 0.6) is 5.75 Å². The number of phenolic OH excluding ortho intramolecular Hbond substituents is 1. The average Bonchev–Trinajstić information content (AvgIpc) is 2.62. The highest BCUT2D eigenvalue weighted by Gasteiger charge is 2.21. The number of anilines is 1. The molecule has 0 fully saturated rings. The summed E-state index contributed by atoms with van der Waals surface area (Å²) in [6.45, 7) is 6.12. The normalized spacial score (nSPS) is 11.1. The van der Waals surface area contributed by atoms with E-state index in [1.165, 1.54) is 6.20 Å². The van der Waals surface area contributed by atoms with E-state index in [2.05, 4.69) is 5.32 Å². The lowest BCUT2D eigenvalue weighted by molar-refractivity contribution is -0.129. The van der Waals surface area contributed by atoms with Gasteiger partial charge in [-0.15, -0.1) is 0 Å². The zero-order valence-corrected chi connectivity index (χ0v) is 15.2. The van der Waals surface area contributed by atoms with E-state index in [0.717, 1.165) is 16.8 Å². The van der Waals surface area contributed by atoms with Crippen LogP contribution in [-0.4, -0.2) is 22.0 Å². The number of rotatable bonds is 6. The Balaban J connectivity index is 2.20. The number of benzene rings is 2. The Morgan fingerprint density at radius 2 is 1.96 bits per heavy atom. The zero-order valence-electron chi connectivity index (χ0n) is 15.2. The van der Waals surface area contributed by atoms with E-state index in [1.54, 1.807) is 23.1 Å². The third kappa shape index (κ3) is 4.87. The summed E-state index contributed by atoms with van der Waals surface area (Å²) in [7, 11) is 0. The molecule has 0 aromatic heterocycles. The van der Waals surface area contributed by atoms with Crippen molar-refractivity contribution in [1.82, 2.24) is 4.90 Å². The molecule has 134 valence electrons. The molecule has 0 bridgehead atoms. The van der Waals surface area contributed by atoms with E-state index < -0.39 is 0 Å². The second-order valence-electron chi connectivity index (χ2n) is 6.33. The van der Waals surface area contributed by atoms with Crippen LogP contribution < -0.4 is 5.32 Å². The average molecular weight is 349 g/mol. The summed E-state index contributed by atoms with van der Waals surface area (Å²) in [5, 5.41) is 21.9. The molecule has 0 saturated heterocycles. The highest BCUT2D eigenvalue weighted by atomic mass is 16.3. The van der Waals surface area contributed by atoms with Gasteiger partial charge in [-0.2, -0.15) is 5.26 Å². The number of hydrogen-bond donors (Lipinski definition) is 2. The van der Waals surface area contributed by atoms with Crippen molar-refractivity contribution in [2.24, 2.45) is 0 Å². The largest absolute Gasteiger partial charge is 0.508 e. The van der Waals surface area contributed by atoms with Crippen LogP contribution in [0.25, 0.3) is 0 Å². The number of phenols is 1. The number of aromatic hydroxyl groups is 1. The van der Waals surface area contributed by atoms with Crippen molar-refractivity contribution in [2.75, 3.05) is 5.32 Å². The number of carbonyl (C=O) groups excluding carboxylic acids is 1. The number of nitriles is 1. The van der Waals surface area contributed by atoms with Gasteiger partial charge in [0.05, 0.1) is 0 Å². The van der Waals surface area contributed by atoms with Crippen LogP contribution in [-0.2, 0) is 11.3 Å². The third-order valence-corrected chi connectivity index (χ3v) is 4.01. The van der Waals surface area contributed by atoms with Crippen molar-refractivity contribution in [3.63, 3.8) is 0 Å².